The fourth-order valence-electron chi connectivity index (χ4n) is 1.51. The van der Waals surface area contributed by atoms with Gasteiger partial charge in [0.05, 0.1) is 19.8 Å². The Hall–Kier alpha value is -1.14. The molecular formula is C8H14N5O4S2+. The third-order valence-corrected chi connectivity index (χ3v) is 4.65. The van der Waals surface area contributed by atoms with Crippen LogP contribution >= 0.6 is 11.3 Å². The lowest BCUT2D eigenvalue weighted by Crippen LogP contribution is -2.56. The van der Waals surface area contributed by atoms with E-state index in [9.17, 15) is 13.2 Å². The third kappa shape index (κ3) is 4.18. The standard InChI is InChI=1S/C8H13N5O4S2/c9-19(15,16)8-12-11-7(18-8)10-6(14)5-13-1-3-17-4-2-13/h1-5H2,(H2,9,15,16)(H,10,11,14)/p+1. The van der Waals surface area contributed by atoms with Crippen molar-refractivity contribution in [2.75, 3.05) is 38.2 Å². The molecule has 2 heterocycles. The van der Waals surface area contributed by atoms with E-state index in [4.69, 9.17) is 4.74 Å². The molecule has 1 aliphatic heterocycles. The number of carbonyl (C=O) groups excluding carboxylic acids is 1. The fourth-order valence-corrected chi connectivity index (χ4v) is 2.91. The molecule has 0 radical (unpaired) electrons. The fraction of sp³-hybridized carbons (Fsp3) is 0.625. The number of aromatic nitrogens is 2. The molecule has 0 saturated carbocycles. The van der Waals surface area contributed by atoms with Crippen molar-refractivity contribution >= 4 is 32.4 Å². The van der Waals surface area contributed by atoms with Crippen molar-refractivity contribution in [1.82, 2.24) is 15.1 Å². The number of anilines is 1. The molecule has 1 aromatic rings. The summed E-state index contributed by atoms with van der Waals surface area (Å²) in [6, 6.07) is 0. The first kappa shape index (κ1) is 14.3. The summed E-state index contributed by atoms with van der Waals surface area (Å²) in [6.45, 7) is 2.82. The maximum Gasteiger partial charge on any atom is 0.351 e. The van der Waals surface area contributed by atoms with Crippen LogP contribution in [-0.4, -0.2) is 62.3 Å². The van der Waals surface area contributed by atoms with Gasteiger partial charge in [-0.05, 0) is 0 Å². The van der Waals surface area contributed by atoms with Crippen LogP contribution in [0.15, 0.2) is 4.34 Å². The number of hydrogen-bond donors (Lipinski definition) is 2. The molecule has 0 bridgehead atoms. The van der Waals surface area contributed by atoms with Gasteiger partial charge in [0.25, 0.3) is 4.34 Å². The van der Waals surface area contributed by atoms with E-state index in [1.165, 1.54) is 0 Å². The van der Waals surface area contributed by atoms with Crippen molar-refractivity contribution in [2.45, 2.75) is 4.34 Å². The number of hydrogen-bond acceptors (Lipinski definition) is 8. The summed E-state index contributed by atoms with van der Waals surface area (Å²) in [5, 5.41) is 12.7. The second-order valence-electron chi connectivity index (χ2n) is 3.92. The zero-order valence-electron chi connectivity index (χ0n) is 10.0. The highest BCUT2D eigenvalue weighted by Crippen LogP contribution is 2.17. The van der Waals surface area contributed by atoms with Crippen LogP contribution in [0.5, 0.6) is 0 Å². The van der Waals surface area contributed by atoms with Gasteiger partial charge in [-0.2, -0.15) is 8.42 Å². The van der Waals surface area contributed by atoms with Gasteiger partial charge in [0.15, 0.2) is 0 Å². The summed E-state index contributed by atoms with van der Waals surface area (Å²) < 4.78 is 27.2. The van der Waals surface area contributed by atoms with Crippen molar-refractivity contribution in [3.63, 3.8) is 0 Å². The number of sulfonamides is 1. The molecule has 1 amide bonds. The van der Waals surface area contributed by atoms with E-state index in [0.717, 1.165) is 11.3 Å². The van der Waals surface area contributed by atoms with Gasteiger partial charge >= 0.3 is 10.0 Å². The SMILES string of the molecule is [NH3+]S(=O)(=O)c1nnc(NC(=O)CN2CCOCC2)s1. The normalized spacial score (nSPS) is 17.3. The predicted octanol–water partition coefficient (Wildman–Crippen LogP) is -2.26. The first-order chi connectivity index (χ1) is 8.95. The van der Waals surface area contributed by atoms with Crippen molar-refractivity contribution in [1.29, 1.82) is 0 Å². The molecule has 11 heteroatoms. The minimum absolute atomic E-state index is 0.153. The highest BCUT2D eigenvalue weighted by molar-refractivity contribution is 7.86. The second-order valence-corrected chi connectivity index (χ2v) is 6.78. The lowest BCUT2D eigenvalue weighted by atomic mass is 10.4. The zero-order chi connectivity index (χ0) is 13.9. The Morgan fingerprint density at radius 1 is 1.42 bits per heavy atom. The van der Waals surface area contributed by atoms with Crippen LogP contribution in [0.3, 0.4) is 0 Å². The second kappa shape index (κ2) is 5.88. The predicted molar refractivity (Wildman–Crippen MR) is 65.9 cm³/mol. The Balaban J connectivity index is 1.90. The van der Waals surface area contributed by atoms with E-state index in [1.807, 2.05) is 4.90 Å². The van der Waals surface area contributed by atoms with Gasteiger partial charge in [-0.3, -0.25) is 15.0 Å². The number of ether oxygens (including phenoxy) is 1. The first-order valence-electron chi connectivity index (χ1n) is 5.47. The third-order valence-electron chi connectivity index (χ3n) is 2.39. The molecule has 1 aromatic heterocycles. The number of quaternary nitrogens is 1. The number of amides is 1. The Labute approximate surface area is 113 Å². The largest absolute Gasteiger partial charge is 0.379 e. The maximum atomic E-state index is 11.7. The van der Waals surface area contributed by atoms with E-state index in [2.05, 4.69) is 20.7 Å². The molecule has 1 aliphatic rings. The van der Waals surface area contributed by atoms with Crippen molar-refractivity contribution in [2.24, 2.45) is 0 Å². The quantitative estimate of drug-likeness (QED) is 0.600. The summed E-state index contributed by atoms with van der Waals surface area (Å²) in [6.07, 6.45) is 0. The summed E-state index contributed by atoms with van der Waals surface area (Å²) >= 11 is 0.782. The van der Waals surface area contributed by atoms with Crippen molar-refractivity contribution in [3.8, 4) is 0 Å². The Morgan fingerprint density at radius 3 is 2.68 bits per heavy atom. The minimum atomic E-state index is -3.63. The van der Waals surface area contributed by atoms with Gasteiger partial charge in [-0.15, -0.1) is 10.2 Å². The summed E-state index contributed by atoms with van der Waals surface area (Å²) in [4.78, 5) is 13.7. The number of morpholine rings is 1. The lowest BCUT2D eigenvalue weighted by molar-refractivity contribution is -0.165. The lowest BCUT2D eigenvalue weighted by Gasteiger charge is -2.25. The van der Waals surface area contributed by atoms with E-state index < -0.39 is 10.0 Å². The van der Waals surface area contributed by atoms with E-state index >= 15 is 0 Å². The average Bonchev–Trinajstić information content (AvgIpc) is 2.78. The molecule has 0 unspecified atom stereocenters. The molecular weight excluding hydrogens is 294 g/mol. The highest BCUT2D eigenvalue weighted by atomic mass is 32.2. The van der Waals surface area contributed by atoms with Crippen LogP contribution < -0.4 is 10.5 Å². The van der Waals surface area contributed by atoms with Crippen LogP contribution in [0.1, 0.15) is 0 Å². The Kier molecular flexibility index (Phi) is 4.42. The number of carbonyl (C=O) groups is 1. The molecule has 4 N–H and O–H groups in total. The molecule has 2 rings (SSSR count). The molecule has 9 nitrogen and oxygen atoms in total. The summed E-state index contributed by atoms with van der Waals surface area (Å²) in [5.41, 5.74) is 0. The summed E-state index contributed by atoms with van der Waals surface area (Å²) in [5.74, 6) is -0.258. The number of nitrogens with zero attached hydrogens (tertiary/aromatic N) is 3. The molecule has 0 aromatic carbocycles. The molecule has 0 aliphatic carbocycles. The average molecular weight is 308 g/mol. The van der Waals surface area contributed by atoms with Gasteiger partial charge in [0, 0.05) is 13.1 Å². The topological polar surface area (TPSA) is 129 Å². The van der Waals surface area contributed by atoms with E-state index in [0.29, 0.717) is 26.3 Å². The molecule has 19 heavy (non-hydrogen) atoms. The van der Waals surface area contributed by atoms with E-state index in [1.54, 1.807) is 0 Å². The van der Waals surface area contributed by atoms with Gasteiger partial charge in [0.1, 0.15) is 0 Å². The smallest absolute Gasteiger partial charge is 0.351 e. The van der Waals surface area contributed by atoms with Crippen LogP contribution in [0.25, 0.3) is 0 Å². The monoisotopic (exact) mass is 308 g/mol. The molecule has 106 valence electrons. The highest BCUT2D eigenvalue weighted by Gasteiger charge is 2.20. The summed E-state index contributed by atoms with van der Waals surface area (Å²) in [7, 11) is -3.63. The Morgan fingerprint density at radius 2 is 2.11 bits per heavy atom. The van der Waals surface area contributed by atoms with Gasteiger partial charge < -0.3 is 4.74 Å². The molecule has 1 saturated heterocycles. The maximum absolute atomic E-state index is 11.7. The van der Waals surface area contributed by atoms with Gasteiger partial charge in [-0.1, -0.05) is 11.3 Å². The molecule has 0 spiro atoms. The Bertz CT molecular complexity index is 551. The molecule has 0 atom stereocenters. The van der Waals surface area contributed by atoms with Crippen LogP contribution in [0.2, 0.25) is 0 Å². The minimum Gasteiger partial charge on any atom is -0.379 e. The zero-order valence-corrected chi connectivity index (χ0v) is 11.7. The van der Waals surface area contributed by atoms with Gasteiger partial charge in [0.2, 0.25) is 11.0 Å². The number of nitrogens with one attached hydrogen (secondary N) is 1. The van der Waals surface area contributed by atoms with E-state index in [-0.39, 0.29) is 21.9 Å². The van der Waals surface area contributed by atoms with Crippen molar-refractivity contribution in [3.05, 3.63) is 0 Å². The first-order valence-corrected chi connectivity index (χ1v) is 7.93. The van der Waals surface area contributed by atoms with Crippen LogP contribution in [0.4, 0.5) is 5.13 Å². The van der Waals surface area contributed by atoms with Gasteiger partial charge in [-0.25, -0.2) is 5.14 Å². The van der Waals surface area contributed by atoms with Crippen LogP contribution in [0, 0.1) is 0 Å². The molecule has 1 fully saturated rings. The number of rotatable bonds is 4. The van der Waals surface area contributed by atoms with Crippen molar-refractivity contribution < 1.29 is 23.1 Å². The van der Waals surface area contributed by atoms with Crippen LogP contribution in [-0.2, 0) is 19.6 Å².